The molecule has 1 aromatic rings. The molecule has 1 fully saturated rings. The second-order valence-electron chi connectivity index (χ2n) is 6.94. The molecule has 0 bridgehead atoms. The molecular weight excluding hydrogens is 503 g/mol. The minimum atomic E-state index is -0.0121. The molecule has 2 rings (SSSR count). The highest BCUT2D eigenvalue weighted by Gasteiger charge is 2.10. The number of aryl methyl sites for hydroxylation is 1. The summed E-state index contributed by atoms with van der Waals surface area (Å²) in [5.74, 6) is 0.673. The van der Waals surface area contributed by atoms with E-state index >= 15 is 0 Å². The van der Waals surface area contributed by atoms with Gasteiger partial charge in [-0.25, -0.2) is 9.98 Å². The van der Waals surface area contributed by atoms with E-state index in [0.29, 0.717) is 5.96 Å². The number of ether oxygens (including phenoxy) is 1. The van der Waals surface area contributed by atoms with Crippen LogP contribution in [-0.2, 0) is 22.4 Å². The number of carbonyl (C=O) groups is 1. The van der Waals surface area contributed by atoms with Crippen LogP contribution < -0.4 is 10.6 Å². The number of guanidine groups is 1. The Labute approximate surface area is 195 Å². The van der Waals surface area contributed by atoms with Crippen molar-refractivity contribution in [2.24, 2.45) is 4.99 Å². The van der Waals surface area contributed by atoms with Gasteiger partial charge in [0.15, 0.2) is 5.96 Å². The summed E-state index contributed by atoms with van der Waals surface area (Å²) in [6.45, 7) is 8.54. The minimum Gasteiger partial charge on any atom is -0.379 e. The topological polar surface area (TPSA) is 82.1 Å². The zero-order valence-electron chi connectivity index (χ0n) is 17.8. The van der Waals surface area contributed by atoms with Crippen molar-refractivity contribution < 1.29 is 9.53 Å². The molecule has 0 radical (unpaired) electrons. The van der Waals surface area contributed by atoms with Crippen LogP contribution in [0.25, 0.3) is 0 Å². The quantitative estimate of drug-likeness (QED) is 0.202. The Hall–Kier alpha value is -0.980. The number of likely N-dealkylation sites (N-methyl/N-ethyl adjacent to an activating group) is 1. The van der Waals surface area contributed by atoms with Gasteiger partial charge in [0.2, 0.25) is 5.91 Å². The Morgan fingerprint density at radius 1 is 1.31 bits per heavy atom. The SMILES string of the molecule is CCc1cnc(CCNC(=NCC(=O)N(C)C)NCCCN2CCOCC2)s1.I. The van der Waals surface area contributed by atoms with Gasteiger partial charge in [-0.15, -0.1) is 35.3 Å². The monoisotopic (exact) mass is 538 g/mol. The number of amides is 1. The van der Waals surface area contributed by atoms with Crippen LogP contribution in [0.1, 0.15) is 23.2 Å². The van der Waals surface area contributed by atoms with Crippen molar-refractivity contribution in [1.82, 2.24) is 25.4 Å². The number of rotatable bonds is 10. The highest BCUT2D eigenvalue weighted by atomic mass is 127. The molecule has 0 unspecified atom stereocenters. The summed E-state index contributed by atoms with van der Waals surface area (Å²) in [6.07, 6.45) is 4.85. The highest BCUT2D eigenvalue weighted by Crippen LogP contribution is 2.13. The number of nitrogens with zero attached hydrogens (tertiary/aromatic N) is 4. The van der Waals surface area contributed by atoms with Gasteiger partial charge in [0.05, 0.1) is 18.2 Å². The van der Waals surface area contributed by atoms with Gasteiger partial charge in [0, 0.05) is 57.8 Å². The fourth-order valence-electron chi connectivity index (χ4n) is 2.71. The molecule has 1 aromatic heterocycles. The standard InChI is InChI=1S/C19H34N6O2S.HI/c1-4-16-14-22-17(28-16)6-8-21-19(23-15-18(26)24(2)3)20-7-5-9-25-10-12-27-13-11-25;/h14H,4-13,15H2,1-3H3,(H2,20,21,23);1H. The average molecular weight is 539 g/mol. The number of hydrogen-bond donors (Lipinski definition) is 2. The van der Waals surface area contributed by atoms with Crippen molar-refractivity contribution in [2.75, 3.05) is 66.6 Å². The van der Waals surface area contributed by atoms with E-state index in [2.05, 4.69) is 32.4 Å². The second-order valence-corrected chi connectivity index (χ2v) is 8.14. The molecule has 1 saturated heterocycles. The number of hydrogen-bond acceptors (Lipinski definition) is 6. The molecule has 0 aliphatic carbocycles. The first-order valence-corrected chi connectivity index (χ1v) is 10.9. The molecule has 0 spiro atoms. The normalized spacial score (nSPS) is 14.9. The lowest BCUT2D eigenvalue weighted by atomic mass is 10.3. The van der Waals surface area contributed by atoms with Crippen molar-refractivity contribution in [2.45, 2.75) is 26.2 Å². The van der Waals surface area contributed by atoms with Crippen LogP contribution in [0.4, 0.5) is 0 Å². The number of nitrogens with one attached hydrogen (secondary N) is 2. The lowest BCUT2D eigenvalue weighted by Crippen LogP contribution is -2.41. The molecule has 0 aromatic carbocycles. The molecular formula is C19H35IN6O2S. The Kier molecular flexibility index (Phi) is 13.4. The summed E-state index contributed by atoms with van der Waals surface area (Å²) >= 11 is 1.76. The van der Waals surface area contributed by atoms with E-state index in [9.17, 15) is 4.79 Å². The largest absolute Gasteiger partial charge is 0.379 e. The van der Waals surface area contributed by atoms with Crippen LogP contribution >= 0.6 is 35.3 Å². The molecule has 1 aliphatic rings. The van der Waals surface area contributed by atoms with Crippen LogP contribution in [0.2, 0.25) is 0 Å². The number of morpholine rings is 1. The number of aliphatic imine (C=N–C) groups is 1. The molecule has 2 heterocycles. The maximum Gasteiger partial charge on any atom is 0.243 e. The summed E-state index contributed by atoms with van der Waals surface area (Å²) in [5.41, 5.74) is 0. The molecule has 0 atom stereocenters. The van der Waals surface area contributed by atoms with Gasteiger partial charge in [-0.1, -0.05) is 6.92 Å². The summed E-state index contributed by atoms with van der Waals surface area (Å²) in [5, 5.41) is 7.80. The maximum atomic E-state index is 11.9. The minimum absolute atomic E-state index is 0. The van der Waals surface area contributed by atoms with Crippen molar-refractivity contribution in [3.63, 3.8) is 0 Å². The molecule has 1 amide bonds. The predicted molar refractivity (Wildman–Crippen MR) is 129 cm³/mol. The van der Waals surface area contributed by atoms with Gasteiger partial charge < -0.3 is 20.3 Å². The van der Waals surface area contributed by atoms with E-state index in [1.54, 1.807) is 30.3 Å². The highest BCUT2D eigenvalue weighted by molar-refractivity contribution is 14.0. The average Bonchev–Trinajstić information content (AvgIpc) is 3.17. The molecule has 166 valence electrons. The van der Waals surface area contributed by atoms with Gasteiger partial charge in [-0.3, -0.25) is 9.69 Å². The van der Waals surface area contributed by atoms with Crippen molar-refractivity contribution in [3.05, 3.63) is 16.1 Å². The Morgan fingerprint density at radius 2 is 2.03 bits per heavy atom. The second kappa shape index (κ2) is 14.9. The van der Waals surface area contributed by atoms with Crippen molar-refractivity contribution in [3.8, 4) is 0 Å². The number of aromatic nitrogens is 1. The van der Waals surface area contributed by atoms with E-state index < -0.39 is 0 Å². The zero-order chi connectivity index (χ0) is 20.2. The predicted octanol–water partition coefficient (Wildman–Crippen LogP) is 1.21. The van der Waals surface area contributed by atoms with Gasteiger partial charge in [0.25, 0.3) is 0 Å². The maximum absolute atomic E-state index is 11.9. The first-order valence-electron chi connectivity index (χ1n) is 10.0. The fourth-order valence-corrected chi connectivity index (χ4v) is 3.57. The first kappa shape index (κ1) is 26.1. The van der Waals surface area contributed by atoms with E-state index in [1.165, 1.54) is 4.88 Å². The lowest BCUT2D eigenvalue weighted by molar-refractivity contribution is -0.127. The number of thiazole rings is 1. The summed E-state index contributed by atoms with van der Waals surface area (Å²) in [4.78, 5) is 26.0. The smallest absolute Gasteiger partial charge is 0.243 e. The van der Waals surface area contributed by atoms with Crippen LogP contribution in [-0.4, -0.2) is 93.2 Å². The third-order valence-electron chi connectivity index (χ3n) is 4.50. The van der Waals surface area contributed by atoms with E-state index in [4.69, 9.17) is 4.74 Å². The summed E-state index contributed by atoms with van der Waals surface area (Å²) < 4.78 is 5.38. The number of halogens is 1. The van der Waals surface area contributed by atoms with Gasteiger partial charge in [-0.2, -0.15) is 0 Å². The molecule has 10 heteroatoms. The van der Waals surface area contributed by atoms with Crippen LogP contribution in [0.5, 0.6) is 0 Å². The van der Waals surface area contributed by atoms with Crippen molar-refractivity contribution in [1.29, 1.82) is 0 Å². The third-order valence-corrected chi connectivity index (χ3v) is 5.70. The van der Waals surface area contributed by atoms with Crippen LogP contribution in [0, 0.1) is 0 Å². The fraction of sp³-hybridized carbons (Fsp3) is 0.737. The lowest BCUT2D eigenvalue weighted by Gasteiger charge is -2.26. The van der Waals surface area contributed by atoms with Crippen LogP contribution in [0.15, 0.2) is 11.2 Å². The van der Waals surface area contributed by atoms with Gasteiger partial charge in [-0.05, 0) is 19.4 Å². The molecule has 2 N–H and O–H groups in total. The Bertz CT molecular complexity index is 620. The van der Waals surface area contributed by atoms with E-state index in [-0.39, 0.29) is 36.4 Å². The van der Waals surface area contributed by atoms with Crippen molar-refractivity contribution >= 4 is 47.2 Å². The van der Waals surface area contributed by atoms with Crippen LogP contribution in [0.3, 0.4) is 0 Å². The Morgan fingerprint density at radius 3 is 2.69 bits per heavy atom. The van der Waals surface area contributed by atoms with Gasteiger partial charge in [0.1, 0.15) is 6.54 Å². The molecule has 8 nitrogen and oxygen atoms in total. The first-order chi connectivity index (χ1) is 13.6. The summed E-state index contributed by atoms with van der Waals surface area (Å²) in [7, 11) is 3.49. The third kappa shape index (κ3) is 10.6. The molecule has 29 heavy (non-hydrogen) atoms. The Balaban J connectivity index is 0.00000420. The van der Waals surface area contributed by atoms with E-state index in [1.807, 2.05) is 6.20 Å². The summed E-state index contributed by atoms with van der Waals surface area (Å²) in [6, 6.07) is 0. The molecule has 1 aliphatic heterocycles. The van der Waals surface area contributed by atoms with E-state index in [0.717, 1.165) is 70.2 Å². The molecule has 0 saturated carbocycles. The number of carbonyl (C=O) groups excluding carboxylic acids is 1. The van der Waals surface area contributed by atoms with Gasteiger partial charge >= 0.3 is 0 Å². The zero-order valence-corrected chi connectivity index (χ0v) is 20.9.